The van der Waals surface area contributed by atoms with E-state index in [1.165, 1.54) is 0 Å². The minimum atomic E-state index is -1.04. The molecule has 0 fully saturated rings. The van der Waals surface area contributed by atoms with E-state index in [0.29, 0.717) is 0 Å². The fourth-order valence-electron chi connectivity index (χ4n) is 1.03. The Bertz CT molecular complexity index is 535. The molecule has 1 heterocycles. The maximum Gasteiger partial charge on any atom is 0.433 e. The second kappa shape index (κ2) is 6.87. The molecule has 20 heavy (non-hydrogen) atoms. The van der Waals surface area contributed by atoms with Crippen molar-refractivity contribution in [3.8, 4) is 0 Å². The topological polar surface area (TPSA) is 138 Å². The standard InChI is InChI=1S/C10H10N2O8/c1-18-9(14)4-11-7(13)5-19-10(15)6-2-3-8(20-6)12(16)17/h2-3H,4-5H2,1H3,(H,11,13). The second-order valence-corrected chi connectivity index (χ2v) is 3.32. The monoisotopic (exact) mass is 286 g/mol. The number of nitrogens with one attached hydrogen (secondary N) is 1. The van der Waals surface area contributed by atoms with Gasteiger partial charge in [0, 0.05) is 0 Å². The van der Waals surface area contributed by atoms with Gasteiger partial charge >= 0.3 is 17.8 Å². The predicted molar refractivity (Wildman–Crippen MR) is 60.7 cm³/mol. The first-order valence-electron chi connectivity index (χ1n) is 5.19. The van der Waals surface area contributed by atoms with Crippen LogP contribution in [0.1, 0.15) is 10.6 Å². The molecule has 0 aliphatic rings. The summed E-state index contributed by atoms with van der Waals surface area (Å²) in [5.41, 5.74) is 0. The largest absolute Gasteiger partial charge is 0.468 e. The lowest BCUT2D eigenvalue weighted by Gasteiger charge is -2.04. The van der Waals surface area contributed by atoms with Crippen molar-refractivity contribution >= 4 is 23.7 Å². The van der Waals surface area contributed by atoms with Gasteiger partial charge in [-0.1, -0.05) is 0 Å². The number of nitro groups is 1. The Hall–Kier alpha value is -2.91. The number of carbonyl (C=O) groups excluding carboxylic acids is 3. The van der Waals surface area contributed by atoms with Crippen LogP contribution in [0.15, 0.2) is 16.5 Å². The zero-order valence-electron chi connectivity index (χ0n) is 10.3. The van der Waals surface area contributed by atoms with E-state index in [2.05, 4.69) is 19.2 Å². The molecule has 1 N–H and O–H groups in total. The van der Waals surface area contributed by atoms with Gasteiger partial charge in [0.05, 0.1) is 13.2 Å². The molecule has 1 amide bonds. The molecule has 10 nitrogen and oxygen atoms in total. The first-order valence-corrected chi connectivity index (χ1v) is 5.19. The number of hydrogen-bond acceptors (Lipinski definition) is 8. The third kappa shape index (κ3) is 4.40. The highest BCUT2D eigenvalue weighted by molar-refractivity contribution is 5.89. The zero-order valence-corrected chi connectivity index (χ0v) is 10.3. The Morgan fingerprint density at radius 2 is 2.10 bits per heavy atom. The number of esters is 2. The van der Waals surface area contributed by atoms with Gasteiger partial charge in [0.1, 0.15) is 11.5 Å². The van der Waals surface area contributed by atoms with Gasteiger partial charge in [-0.05, 0) is 6.07 Å². The van der Waals surface area contributed by atoms with E-state index in [4.69, 9.17) is 0 Å². The molecule has 0 saturated carbocycles. The van der Waals surface area contributed by atoms with Gasteiger partial charge in [-0.3, -0.25) is 19.7 Å². The summed E-state index contributed by atoms with van der Waals surface area (Å²) >= 11 is 0. The summed E-state index contributed by atoms with van der Waals surface area (Å²) < 4.78 is 13.4. The molecular weight excluding hydrogens is 276 g/mol. The first-order chi connectivity index (χ1) is 9.43. The Kier molecular flexibility index (Phi) is 5.21. The molecule has 0 spiro atoms. The molecule has 108 valence electrons. The van der Waals surface area contributed by atoms with Gasteiger partial charge in [0.2, 0.25) is 5.76 Å². The lowest BCUT2D eigenvalue weighted by Crippen LogP contribution is -2.33. The molecule has 0 atom stereocenters. The molecule has 0 saturated heterocycles. The van der Waals surface area contributed by atoms with Crippen LogP contribution in [0.2, 0.25) is 0 Å². The summed E-state index contributed by atoms with van der Waals surface area (Å²) in [4.78, 5) is 42.8. The average Bonchev–Trinajstić information content (AvgIpc) is 2.92. The molecule has 0 bridgehead atoms. The summed E-state index contributed by atoms with van der Waals surface area (Å²) in [7, 11) is 1.15. The van der Waals surface area contributed by atoms with Crippen molar-refractivity contribution in [2.75, 3.05) is 20.3 Å². The molecule has 1 rings (SSSR count). The number of rotatable bonds is 6. The summed E-state index contributed by atoms with van der Waals surface area (Å²) in [6, 6.07) is 2.03. The fourth-order valence-corrected chi connectivity index (χ4v) is 1.03. The normalized spacial score (nSPS) is 9.65. The van der Waals surface area contributed by atoms with Crippen LogP contribution in [-0.4, -0.2) is 43.0 Å². The van der Waals surface area contributed by atoms with E-state index in [1.54, 1.807) is 0 Å². The van der Waals surface area contributed by atoms with Crippen molar-refractivity contribution < 1.29 is 33.2 Å². The maximum atomic E-state index is 11.4. The molecule has 0 aromatic carbocycles. The Morgan fingerprint density at radius 3 is 2.65 bits per heavy atom. The van der Waals surface area contributed by atoms with Gasteiger partial charge in [-0.2, -0.15) is 0 Å². The number of methoxy groups -OCH3 is 1. The number of hydrogen-bond donors (Lipinski definition) is 1. The highest BCUT2D eigenvalue weighted by Gasteiger charge is 2.19. The van der Waals surface area contributed by atoms with Crippen molar-refractivity contribution in [2.45, 2.75) is 0 Å². The van der Waals surface area contributed by atoms with Gasteiger partial charge in [-0.25, -0.2) is 4.79 Å². The first kappa shape index (κ1) is 15.1. The van der Waals surface area contributed by atoms with Crippen LogP contribution in [0, 0.1) is 10.1 Å². The summed E-state index contributed by atoms with van der Waals surface area (Å²) in [5, 5.41) is 12.5. The lowest BCUT2D eigenvalue weighted by molar-refractivity contribution is -0.402. The van der Waals surface area contributed by atoms with Gasteiger partial charge in [0.25, 0.3) is 5.91 Å². The van der Waals surface area contributed by atoms with Crippen molar-refractivity contribution in [3.63, 3.8) is 0 Å². The lowest BCUT2D eigenvalue weighted by atomic mass is 10.4. The van der Waals surface area contributed by atoms with Crippen LogP contribution in [0.25, 0.3) is 0 Å². The highest BCUT2D eigenvalue weighted by Crippen LogP contribution is 2.16. The van der Waals surface area contributed by atoms with Gasteiger partial charge in [0.15, 0.2) is 6.61 Å². The van der Waals surface area contributed by atoms with Crippen molar-refractivity contribution in [2.24, 2.45) is 0 Å². The highest BCUT2D eigenvalue weighted by atomic mass is 16.7. The van der Waals surface area contributed by atoms with E-state index in [-0.39, 0.29) is 6.54 Å². The van der Waals surface area contributed by atoms with E-state index in [9.17, 15) is 24.5 Å². The zero-order chi connectivity index (χ0) is 15.1. The smallest absolute Gasteiger partial charge is 0.433 e. The number of ether oxygens (including phenoxy) is 2. The Morgan fingerprint density at radius 1 is 1.40 bits per heavy atom. The van der Waals surface area contributed by atoms with Gasteiger partial charge < -0.3 is 19.2 Å². The van der Waals surface area contributed by atoms with Crippen molar-refractivity contribution in [3.05, 3.63) is 28.0 Å². The Labute approximate surface area is 111 Å². The number of furan rings is 1. The molecule has 0 aliphatic carbocycles. The molecular formula is C10H10N2O8. The molecule has 1 aromatic rings. The third-order valence-corrected chi connectivity index (χ3v) is 1.96. The number of carbonyl (C=O) groups is 3. The second-order valence-electron chi connectivity index (χ2n) is 3.32. The van der Waals surface area contributed by atoms with Gasteiger partial charge in [-0.15, -0.1) is 0 Å². The predicted octanol–water partition coefficient (Wildman–Crippen LogP) is -0.366. The average molecular weight is 286 g/mol. The SMILES string of the molecule is COC(=O)CNC(=O)COC(=O)c1ccc([N+](=O)[O-])o1. The molecule has 0 unspecified atom stereocenters. The van der Waals surface area contributed by atoms with Crippen molar-refractivity contribution in [1.82, 2.24) is 5.32 Å². The molecule has 10 heteroatoms. The van der Waals surface area contributed by atoms with Crippen LogP contribution in [0.3, 0.4) is 0 Å². The fraction of sp³-hybridized carbons (Fsp3) is 0.300. The number of nitrogens with zero attached hydrogens (tertiary/aromatic N) is 1. The third-order valence-electron chi connectivity index (χ3n) is 1.96. The van der Waals surface area contributed by atoms with E-state index in [1.807, 2.05) is 0 Å². The Balaban J connectivity index is 2.40. The summed E-state index contributed by atoms with van der Waals surface area (Å²) in [6.07, 6.45) is 0. The van der Waals surface area contributed by atoms with Crippen LogP contribution in [0.4, 0.5) is 5.88 Å². The van der Waals surface area contributed by atoms with Crippen LogP contribution in [-0.2, 0) is 19.1 Å². The summed E-state index contributed by atoms with van der Waals surface area (Å²) in [6.45, 7) is -1.02. The molecule has 1 aromatic heterocycles. The van der Waals surface area contributed by atoms with E-state index < -0.39 is 41.0 Å². The van der Waals surface area contributed by atoms with E-state index >= 15 is 0 Å². The minimum absolute atomic E-state index is 0.362. The summed E-state index contributed by atoms with van der Waals surface area (Å²) in [5.74, 6) is -3.45. The van der Waals surface area contributed by atoms with Crippen LogP contribution >= 0.6 is 0 Å². The van der Waals surface area contributed by atoms with Crippen LogP contribution in [0.5, 0.6) is 0 Å². The molecule has 0 radical (unpaired) electrons. The van der Waals surface area contributed by atoms with Crippen LogP contribution < -0.4 is 5.32 Å². The minimum Gasteiger partial charge on any atom is -0.468 e. The number of amides is 1. The van der Waals surface area contributed by atoms with Crippen molar-refractivity contribution in [1.29, 1.82) is 0 Å². The molecule has 0 aliphatic heterocycles. The maximum absolute atomic E-state index is 11.4. The van der Waals surface area contributed by atoms with E-state index in [0.717, 1.165) is 19.2 Å². The quantitative estimate of drug-likeness (QED) is 0.424.